The van der Waals surface area contributed by atoms with E-state index in [4.69, 9.17) is 0 Å². The minimum atomic E-state index is 0.175. The molecule has 1 aromatic carbocycles. The van der Waals surface area contributed by atoms with Crippen molar-refractivity contribution >= 4 is 11.5 Å². The summed E-state index contributed by atoms with van der Waals surface area (Å²) in [4.78, 5) is 15.5. The summed E-state index contributed by atoms with van der Waals surface area (Å²) in [6.45, 7) is 4.06. The predicted molar refractivity (Wildman–Crippen MR) is 108 cm³/mol. The number of carbonyl (C=O) groups is 1. The Balaban J connectivity index is 1.55. The van der Waals surface area contributed by atoms with Crippen LogP contribution in [0.4, 0.5) is 0 Å². The number of aromatic amines is 1. The van der Waals surface area contributed by atoms with Crippen molar-refractivity contribution in [3.05, 3.63) is 71.1 Å². The second-order valence-electron chi connectivity index (χ2n) is 7.54. The van der Waals surface area contributed by atoms with E-state index >= 15 is 0 Å². The number of benzene rings is 1. The van der Waals surface area contributed by atoms with Crippen molar-refractivity contribution in [2.75, 3.05) is 0 Å². The van der Waals surface area contributed by atoms with E-state index in [-0.39, 0.29) is 11.9 Å². The molecule has 27 heavy (non-hydrogen) atoms. The van der Waals surface area contributed by atoms with Gasteiger partial charge in [0.15, 0.2) is 0 Å². The molecule has 0 spiro atoms. The average molecular weight is 361 g/mol. The Labute approximate surface area is 161 Å². The maximum absolute atomic E-state index is 13.3. The molecule has 0 bridgehead atoms. The molecule has 1 saturated carbocycles. The van der Waals surface area contributed by atoms with Gasteiger partial charge in [-0.2, -0.15) is 5.10 Å². The number of aromatic nitrogens is 2. The number of hydrogen-bond donors (Lipinski definition) is 1. The van der Waals surface area contributed by atoms with E-state index in [0.29, 0.717) is 6.04 Å². The molecule has 0 radical (unpaired) electrons. The summed E-state index contributed by atoms with van der Waals surface area (Å²) in [5, 5.41) is 7.26. The summed E-state index contributed by atoms with van der Waals surface area (Å²) in [6.07, 6.45) is 13.3. The molecule has 1 aromatic heterocycles. The summed E-state index contributed by atoms with van der Waals surface area (Å²) in [6, 6.07) is 8.76. The molecule has 4 heteroatoms. The van der Waals surface area contributed by atoms with Gasteiger partial charge in [0.1, 0.15) is 0 Å². The molecule has 2 aromatic rings. The summed E-state index contributed by atoms with van der Waals surface area (Å²) in [5.74, 6) is 0.175. The molecular weight excluding hydrogens is 334 g/mol. The highest BCUT2D eigenvalue weighted by Crippen LogP contribution is 2.34. The summed E-state index contributed by atoms with van der Waals surface area (Å²) < 4.78 is 0. The third kappa shape index (κ3) is 3.61. The first-order chi connectivity index (χ1) is 13.2. The number of nitrogens with one attached hydrogen (secondary N) is 1. The highest BCUT2D eigenvalue weighted by atomic mass is 16.2. The Morgan fingerprint density at radius 3 is 2.52 bits per heavy atom. The van der Waals surface area contributed by atoms with Gasteiger partial charge in [0, 0.05) is 23.3 Å². The van der Waals surface area contributed by atoms with Gasteiger partial charge in [0.05, 0.1) is 6.20 Å². The predicted octanol–water partition coefficient (Wildman–Crippen LogP) is 4.55. The molecule has 2 aliphatic rings. The van der Waals surface area contributed by atoms with Crippen LogP contribution in [-0.4, -0.2) is 33.1 Å². The van der Waals surface area contributed by atoms with Crippen molar-refractivity contribution < 1.29 is 4.79 Å². The van der Waals surface area contributed by atoms with Gasteiger partial charge in [0.25, 0.3) is 5.91 Å². The number of amides is 1. The minimum absolute atomic E-state index is 0.175. The lowest BCUT2D eigenvalue weighted by Gasteiger charge is -2.34. The smallest absolute Gasteiger partial charge is 0.254 e. The van der Waals surface area contributed by atoms with Gasteiger partial charge in [-0.15, -0.1) is 0 Å². The summed E-state index contributed by atoms with van der Waals surface area (Å²) in [5.41, 5.74) is 5.62. The van der Waals surface area contributed by atoms with Gasteiger partial charge in [0.2, 0.25) is 0 Å². The van der Waals surface area contributed by atoms with Gasteiger partial charge >= 0.3 is 0 Å². The lowest BCUT2D eigenvalue weighted by Crippen LogP contribution is -2.44. The normalized spacial score (nSPS) is 19.9. The zero-order valence-electron chi connectivity index (χ0n) is 16.1. The van der Waals surface area contributed by atoms with Gasteiger partial charge in [-0.25, -0.2) is 0 Å². The fraction of sp³-hybridized carbons (Fsp3) is 0.391. The van der Waals surface area contributed by atoms with Crippen LogP contribution in [0.2, 0.25) is 0 Å². The van der Waals surface area contributed by atoms with Crippen molar-refractivity contribution in [1.82, 2.24) is 15.1 Å². The van der Waals surface area contributed by atoms with Crippen LogP contribution >= 0.6 is 0 Å². The monoisotopic (exact) mass is 361 g/mol. The number of rotatable bonds is 5. The highest BCUT2D eigenvalue weighted by Gasteiger charge is 2.39. The van der Waals surface area contributed by atoms with Gasteiger partial charge in [-0.3, -0.25) is 9.89 Å². The number of aryl methyl sites for hydroxylation is 1. The van der Waals surface area contributed by atoms with Crippen molar-refractivity contribution in [3.8, 4) is 0 Å². The number of fused-ring (bicyclic) bond motifs is 1. The molecule has 1 N–H and O–H groups in total. The van der Waals surface area contributed by atoms with Crippen molar-refractivity contribution in [2.45, 2.75) is 58.0 Å². The van der Waals surface area contributed by atoms with Crippen LogP contribution in [0.25, 0.3) is 5.57 Å². The van der Waals surface area contributed by atoms with E-state index in [0.717, 1.165) is 43.2 Å². The van der Waals surface area contributed by atoms with Crippen LogP contribution < -0.4 is 0 Å². The van der Waals surface area contributed by atoms with Gasteiger partial charge in [-0.1, -0.05) is 30.4 Å². The maximum Gasteiger partial charge on any atom is 0.254 e. The summed E-state index contributed by atoms with van der Waals surface area (Å²) >= 11 is 0. The molecule has 1 amide bonds. The second kappa shape index (κ2) is 7.55. The quantitative estimate of drug-likeness (QED) is 0.794. The van der Waals surface area contributed by atoms with Crippen LogP contribution in [0.15, 0.2) is 48.7 Å². The van der Waals surface area contributed by atoms with Crippen LogP contribution in [0.1, 0.15) is 60.3 Å². The molecule has 4 rings (SSSR count). The Kier molecular flexibility index (Phi) is 4.97. The van der Waals surface area contributed by atoms with E-state index < -0.39 is 0 Å². The number of carbonyl (C=O) groups excluding carboxylic acids is 1. The number of hydrogen-bond acceptors (Lipinski definition) is 2. The fourth-order valence-corrected chi connectivity index (χ4v) is 4.11. The lowest BCUT2D eigenvalue weighted by atomic mass is 9.91. The maximum atomic E-state index is 13.3. The molecule has 1 fully saturated rings. The standard InChI is InChI=1S/C23H27N3O/c1-3-5-16(4-2)17-6-8-18(9-7-17)23(27)26(20-10-11-20)21-12-13-22-19(14-21)15-24-25-22/h3-9,15,20-21H,10-14H2,1-2H3,(H,24,25)/b5-3-,16-4+. The van der Waals surface area contributed by atoms with Crippen molar-refractivity contribution in [3.63, 3.8) is 0 Å². The first-order valence-electron chi connectivity index (χ1n) is 9.94. The molecule has 0 aliphatic heterocycles. The SMILES string of the molecule is C/C=C\C(=C/C)c1ccc(C(=O)N(C2CC2)C2CCc3[nH]ncc3C2)cc1. The van der Waals surface area contributed by atoms with Crippen LogP contribution in [0.3, 0.4) is 0 Å². The summed E-state index contributed by atoms with van der Waals surface area (Å²) in [7, 11) is 0. The van der Waals surface area contributed by atoms with E-state index in [2.05, 4.69) is 39.4 Å². The molecule has 2 aliphatic carbocycles. The highest BCUT2D eigenvalue weighted by molar-refractivity contribution is 5.95. The fourth-order valence-electron chi connectivity index (χ4n) is 4.11. The number of nitrogens with zero attached hydrogens (tertiary/aromatic N) is 2. The van der Waals surface area contributed by atoms with Gasteiger partial charge < -0.3 is 4.90 Å². The van der Waals surface area contributed by atoms with Crippen molar-refractivity contribution in [1.29, 1.82) is 0 Å². The second-order valence-corrected chi connectivity index (χ2v) is 7.54. The lowest BCUT2D eigenvalue weighted by molar-refractivity contribution is 0.0643. The van der Waals surface area contributed by atoms with E-state index in [1.807, 2.05) is 38.3 Å². The molecule has 140 valence electrons. The Morgan fingerprint density at radius 2 is 1.85 bits per heavy atom. The molecule has 1 heterocycles. The molecule has 1 atom stereocenters. The van der Waals surface area contributed by atoms with Crippen LogP contribution in [0, 0.1) is 0 Å². The molecule has 1 unspecified atom stereocenters. The zero-order chi connectivity index (χ0) is 18.8. The van der Waals surface area contributed by atoms with Crippen LogP contribution in [0.5, 0.6) is 0 Å². The third-order valence-corrected chi connectivity index (χ3v) is 5.68. The molecular formula is C23H27N3O. The largest absolute Gasteiger partial charge is 0.332 e. The first kappa shape index (κ1) is 17.8. The topological polar surface area (TPSA) is 49.0 Å². The van der Waals surface area contributed by atoms with E-state index in [1.54, 1.807) is 0 Å². The van der Waals surface area contributed by atoms with Gasteiger partial charge in [-0.05, 0) is 74.8 Å². The Hall–Kier alpha value is -2.62. The average Bonchev–Trinajstić information content (AvgIpc) is 3.42. The number of allylic oxidation sites excluding steroid dienone is 4. The molecule has 0 saturated heterocycles. The zero-order valence-corrected chi connectivity index (χ0v) is 16.1. The minimum Gasteiger partial charge on any atom is -0.332 e. The van der Waals surface area contributed by atoms with Crippen molar-refractivity contribution in [2.24, 2.45) is 0 Å². The van der Waals surface area contributed by atoms with Crippen LogP contribution in [-0.2, 0) is 12.8 Å². The van der Waals surface area contributed by atoms with E-state index in [9.17, 15) is 4.79 Å². The third-order valence-electron chi connectivity index (χ3n) is 5.68. The van der Waals surface area contributed by atoms with E-state index in [1.165, 1.54) is 16.8 Å². The first-order valence-corrected chi connectivity index (χ1v) is 9.94. The number of H-pyrrole nitrogens is 1. The Morgan fingerprint density at radius 1 is 1.11 bits per heavy atom. The molecule has 4 nitrogen and oxygen atoms in total. The Bertz CT molecular complexity index is 871.